The van der Waals surface area contributed by atoms with Gasteiger partial charge in [0.25, 0.3) is 11.2 Å². The molecule has 1 heterocycles. The van der Waals surface area contributed by atoms with Crippen LogP contribution in [-0.2, 0) is 6.42 Å². The van der Waals surface area contributed by atoms with Crippen molar-refractivity contribution in [1.29, 1.82) is 0 Å². The number of nitro groups is 1. The predicted molar refractivity (Wildman–Crippen MR) is 102 cm³/mol. The van der Waals surface area contributed by atoms with Gasteiger partial charge in [-0.3, -0.25) is 25.0 Å². The molecule has 138 valence electrons. The van der Waals surface area contributed by atoms with Crippen molar-refractivity contribution in [1.82, 2.24) is 9.78 Å². The molecule has 7 nitrogen and oxygen atoms in total. The van der Waals surface area contributed by atoms with Gasteiger partial charge in [0.2, 0.25) is 0 Å². The minimum Gasteiger partial charge on any atom is -0.294 e. The number of benzene rings is 1. The largest absolute Gasteiger partial charge is 0.294 e. The highest BCUT2D eigenvalue weighted by Gasteiger charge is 2.20. The summed E-state index contributed by atoms with van der Waals surface area (Å²) in [4.78, 5) is 28.2. The van der Waals surface area contributed by atoms with Crippen molar-refractivity contribution in [3.8, 4) is 5.69 Å². The minimum atomic E-state index is -0.451. The Morgan fingerprint density at radius 2 is 1.96 bits per heavy atom. The smallest absolute Gasteiger partial charge is 0.280 e. The Hall–Kier alpha value is -2.70. The summed E-state index contributed by atoms with van der Waals surface area (Å²) in [5.74, 6) is 0. The molecular weight excluding hydrogens is 332 g/mol. The highest BCUT2D eigenvalue weighted by Crippen LogP contribution is 2.22. The van der Waals surface area contributed by atoms with Crippen molar-refractivity contribution < 1.29 is 4.92 Å². The van der Waals surface area contributed by atoms with Crippen LogP contribution in [-0.4, -0.2) is 26.5 Å². The summed E-state index contributed by atoms with van der Waals surface area (Å²) >= 11 is 0. The van der Waals surface area contributed by atoms with Gasteiger partial charge in [-0.2, -0.15) is 0 Å². The summed E-state index contributed by atoms with van der Waals surface area (Å²) in [6, 6.07) is 6.28. The first-order chi connectivity index (χ1) is 12.5. The van der Waals surface area contributed by atoms with Gasteiger partial charge in [-0.15, -0.1) is 0 Å². The summed E-state index contributed by atoms with van der Waals surface area (Å²) in [5, 5.41) is 14.0. The molecule has 2 aromatic rings. The Bertz CT molecular complexity index is 871. The third-order valence-electron chi connectivity index (χ3n) is 4.85. The fraction of sp³-hybridized carbons (Fsp3) is 0.474. The van der Waals surface area contributed by atoms with E-state index in [1.165, 1.54) is 29.7 Å². The molecule has 3 rings (SSSR count). The van der Waals surface area contributed by atoms with Gasteiger partial charge in [-0.1, -0.05) is 26.2 Å². The maximum absolute atomic E-state index is 13.0. The average Bonchev–Trinajstić information content (AvgIpc) is 3.23. The number of nitrogens with zero attached hydrogens (tertiary/aromatic N) is 3. The molecule has 1 aliphatic carbocycles. The molecule has 26 heavy (non-hydrogen) atoms. The third-order valence-corrected chi connectivity index (χ3v) is 4.85. The van der Waals surface area contributed by atoms with E-state index in [0.717, 1.165) is 37.1 Å². The number of hydrogen-bond acceptors (Lipinski definition) is 4. The normalized spacial score (nSPS) is 15.5. The molecule has 1 N–H and O–H groups in total. The standard InChI is InChI=1S/C19H24N4O3/c1-3-6-17-18(13(2)20-14-7-4-5-8-14)19(24)22(21-17)15-9-11-16(12-10-15)23(25)26/h9-12,14,21H,3-8H2,1-2H3. The quantitative estimate of drug-likeness (QED) is 0.485. The maximum Gasteiger partial charge on any atom is 0.280 e. The molecule has 1 aromatic carbocycles. The van der Waals surface area contributed by atoms with E-state index >= 15 is 0 Å². The number of aliphatic imine (C=N–C) groups is 1. The third kappa shape index (κ3) is 3.61. The Morgan fingerprint density at radius 3 is 2.54 bits per heavy atom. The van der Waals surface area contributed by atoms with Crippen LogP contribution in [0.3, 0.4) is 0 Å². The molecule has 0 spiro atoms. The Morgan fingerprint density at radius 1 is 1.31 bits per heavy atom. The zero-order chi connectivity index (χ0) is 18.7. The van der Waals surface area contributed by atoms with E-state index in [-0.39, 0.29) is 11.2 Å². The van der Waals surface area contributed by atoms with Crippen molar-refractivity contribution in [2.75, 3.05) is 0 Å². The number of non-ortho nitro benzene ring substituents is 1. The van der Waals surface area contributed by atoms with Crippen molar-refractivity contribution in [3.63, 3.8) is 0 Å². The number of aromatic nitrogens is 2. The Labute approximate surface area is 151 Å². The molecule has 1 saturated carbocycles. The van der Waals surface area contributed by atoms with Gasteiger partial charge < -0.3 is 0 Å². The number of aromatic amines is 1. The summed E-state index contributed by atoms with van der Waals surface area (Å²) in [6.07, 6.45) is 6.22. The van der Waals surface area contributed by atoms with Gasteiger partial charge in [-0.05, 0) is 38.3 Å². The van der Waals surface area contributed by atoms with E-state index in [0.29, 0.717) is 17.3 Å². The van der Waals surface area contributed by atoms with E-state index < -0.39 is 4.92 Å². The Kier molecular flexibility index (Phi) is 5.35. The molecule has 1 fully saturated rings. The van der Waals surface area contributed by atoms with Crippen LogP contribution in [0.25, 0.3) is 5.69 Å². The number of rotatable bonds is 6. The summed E-state index contributed by atoms with van der Waals surface area (Å²) in [5.41, 5.74) is 2.72. The van der Waals surface area contributed by atoms with Gasteiger partial charge in [0, 0.05) is 23.5 Å². The van der Waals surface area contributed by atoms with Crippen LogP contribution in [0.1, 0.15) is 57.2 Å². The summed E-state index contributed by atoms with van der Waals surface area (Å²) in [7, 11) is 0. The van der Waals surface area contributed by atoms with Crippen LogP contribution in [0.4, 0.5) is 5.69 Å². The van der Waals surface area contributed by atoms with Crippen molar-refractivity contribution in [2.45, 2.75) is 58.4 Å². The van der Waals surface area contributed by atoms with E-state index in [9.17, 15) is 14.9 Å². The minimum absolute atomic E-state index is 0.00124. The molecule has 0 radical (unpaired) electrons. The molecule has 0 bridgehead atoms. The maximum atomic E-state index is 13.0. The zero-order valence-electron chi connectivity index (χ0n) is 15.2. The predicted octanol–water partition coefficient (Wildman–Crippen LogP) is 3.78. The fourth-order valence-corrected chi connectivity index (χ4v) is 3.56. The number of nitrogens with one attached hydrogen (secondary N) is 1. The molecule has 7 heteroatoms. The Balaban J connectivity index is 2.02. The lowest BCUT2D eigenvalue weighted by Gasteiger charge is -2.05. The number of nitro benzene ring substituents is 1. The second-order valence-electron chi connectivity index (χ2n) is 6.78. The van der Waals surface area contributed by atoms with E-state index in [4.69, 9.17) is 4.99 Å². The van der Waals surface area contributed by atoms with Crippen LogP contribution in [0, 0.1) is 10.1 Å². The first-order valence-electron chi connectivity index (χ1n) is 9.14. The monoisotopic (exact) mass is 356 g/mol. The van der Waals surface area contributed by atoms with Crippen molar-refractivity contribution in [2.24, 2.45) is 4.99 Å². The van der Waals surface area contributed by atoms with Gasteiger partial charge >= 0.3 is 0 Å². The van der Waals surface area contributed by atoms with Crippen LogP contribution in [0.2, 0.25) is 0 Å². The van der Waals surface area contributed by atoms with E-state index in [2.05, 4.69) is 12.0 Å². The molecule has 0 saturated heterocycles. The molecular formula is C19H24N4O3. The van der Waals surface area contributed by atoms with Crippen LogP contribution in [0.15, 0.2) is 34.1 Å². The fourth-order valence-electron chi connectivity index (χ4n) is 3.56. The van der Waals surface area contributed by atoms with Crippen molar-refractivity contribution in [3.05, 3.63) is 56.0 Å². The first-order valence-corrected chi connectivity index (χ1v) is 9.14. The summed E-state index contributed by atoms with van der Waals surface area (Å²) < 4.78 is 1.46. The van der Waals surface area contributed by atoms with Gasteiger partial charge in [0.05, 0.1) is 22.2 Å². The van der Waals surface area contributed by atoms with E-state index in [1.54, 1.807) is 12.1 Å². The average molecular weight is 356 g/mol. The zero-order valence-corrected chi connectivity index (χ0v) is 15.2. The number of H-pyrrole nitrogens is 1. The number of hydrogen-bond donors (Lipinski definition) is 1. The highest BCUT2D eigenvalue weighted by atomic mass is 16.6. The molecule has 0 amide bonds. The highest BCUT2D eigenvalue weighted by molar-refractivity contribution is 5.99. The van der Waals surface area contributed by atoms with E-state index in [1.807, 2.05) is 6.92 Å². The van der Waals surface area contributed by atoms with Crippen LogP contribution < -0.4 is 5.56 Å². The molecule has 0 unspecified atom stereocenters. The van der Waals surface area contributed by atoms with Gasteiger partial charge in [0.1, 0.15) is 0 Å². The van der Waals surface area contributed by atoms with Gasteiger partial charge in [0.15, 0.2) is 0 Å². The van der Waals surface area contributed by atoms with Crippen LogP contribution >= 0.6 is 0 Å². The number of aryl methyl sites for hydroxylation is 1. The lowest BCUT2D eigenvalue weighted by atomic mass is 10.1. The molecule has 0 aliphatic heterocycles. The lowest BCUT2D eigenvalue weighted by Crippen LogP contribution is -2.20. The molecule has 1 aliphatic rings. The second-order valence-corrected chi connectivity index (χ2v) is 6.78. The summed E-state index contributed by atoms with van der Waals surface area (Å²) in [6.45, 7) is 3.97. The van der Waals surface area contributed by atoms with Crippen LogP contribution in [0.5, 0.6) is 0 Å². The SMILES string of the molecule is CCCc1[nH]n(-c2ccc([N+](=O)[O-])cc2)c(=O)c1C(C)=NC1CCCC1. The van der Waals surface area contributed by atoms with Gasteiger partial charge in [-0.25, -0.2) is 4.68 Å². The topological polar surface area (TPSA) is 93.3 Å². The lowest BCUT2D eigenvalue weighted by molar-refractivity contribution is -0.384. The first kappa shape index (κ1) is 18.1. The molecule has 1 aromatic heterocycles. The molecule has 0 atom stereocenters. The van der Waals surface area contributed by atoms with Crippen molar-refractivity contribution >= 4 is 11.4 Å². The second kappa shape index (κ2) is 7.68.